The topological polar surface area (TPSA) is 134 Å². The number of nitrogens with two attached hydrogens (primary N) is 1. The molecule has 4 aromatic rings. The third kappa shape index (κ3) is 5.22. The fraction of sp³-hybridized carbons (Fsp3) is 0.370. The monoisotopic (exact) mass is 546 g/mol. The molecule has 12 heteroatoms. The molecule has 6 rings (SSSR count). The Hall–Kier alpha value is -3.87. The summed E-state index contributed by atoms with van der Waals surface area (Å²) in [6.07, 6.45) is 3.15. The van der Waals surface area contributed by atoms with Gasteiger partial charge in [0.05, 0.1) is 35.1 Å². The Morgan fingerprint density at radius 3 is 2.67 bits per heavy atom. The number of carbonyl (C=O) groups excluding carboxylic acids is 2. The number of fused-ring (bicyclic) bond motifs is 2. The lowest BCUT2D eigenvalue weighted by Gasteiger charge is -2.36. The van der Waals surface area contributed by atoms with Crippen molar-refractivity contribution in [2.24, 2.45) is 5.73 Å². The highest BCUT2D eigenvalue weighted by molar-refractivity contribution is 7.19. The van der Waals surface area contributed by atoms with Gasteiger partial charge in [-0.2, -0.15) is 5.10 Å². The third-order valence-electron chi connectivity index (χ3n) is 7.13. The minimum atomic E-state index is -0.570. The number of amides is 1. The number of nitrogens with zero attached hydrogens (tertiary/aromatic N) is 6. The van der Waals surface area contributed by atoms with Gasteiger partial charge in [-0.1, -0.05) is 12.1 Å². The molecule has 2 aliphatic rings. The zero-order valence-corrected chi connectivity index (χ0v) is 22.5. The largest absolute Gasteiger partial charge is 0.378 e. The molecule has 0 atom stereocenters. The van der Waals surface area contributed by atoms with Gasteiger partial charge >= 0.3 is 0 Å². The van der Waals surface area contributed by atoms with Crippen LogP contribution in [0.1, 0.15) is 11.8 Å². The number of carbonyl (C=O) groups is 2. The summed E-state index contributed by atoms with van der Waals surface area (Å²) in [5.74, 6) is 0.877. The van der Waals surface area contributed by atoms with Gasteiger partial charge in [0.15, 0.2) is 17.4 Å². The molecule has 2 aliphatic heterocycles. The molecule has 11 nitrogen and oxygen atoms in total. The highest BCUT2D eigenvalue weighted by atomic mass is 32.1. The smallest absolute Gasteiger partial charge is 0.265 e. The number of benzene rings is 1. The van der Waals surface area contributed by atoms with Crippen LogP contribution >= 0.6 is 11.3 Å². The Balaban J connectivity index is 1.28. The molecule has 0 bridgehead atoms. The van der Waals surface area contributed by atoms with E-state index in [9.17, 15) is 9.59 Å². The molecule has 0 saturated carbocycles. The predicted octanol–water partition coefficient (Wildman–Crippen LogP) is 2.15. The van der Waals surface area contributed by atoms with E-state index in [-0.39, 0.29) is 11.5 Å². The first-order chi connectivity index (χ1) is 19.0. The number of hydrogen-bond donors (Lipinski definition) is 2. The van der Waals surface area contributed by atoms with Gasteiger partial charge in [-0.3, -0.25) is 19.6 Å². The van der Waals surface area contributed by atoms with E-state index in [1.54, 1.807) is 11.3 Å². The van der Waals surface area contributed by atoms with Crippen LogP contribution in [-0.4, -0.2) is 94.1 Å². The quantitative estimate of drug-likeness (QED) is 0.335. The van der Waals surface area contributed by atoms with E-state index >= 15 is 0 Å². The second kappa shape index (κ2) is 10.7. The molecule has 0 unspecified atom stereocenters. The van der Waals surface area contributed by atoms with E-state index in [0.29, 0.717) is 32.1 Å². The Morgan fingerprint density at radius 1 is 1.13 bits per heavy atom. The fourth-order valence-electron chi connectivity index (χ4n) is 5.19. The lowest BCUT2D eigenvalue weighted by atomic mass is 10.1. The molecule has 39 heavy (non-hydrogen) atoms. The number of H-pyrrole nitrogens is 1. The Bertz CT molecular complexity index is 1560. The molecule has 0 spiro atoms. The second-order valence-corrected chi connectivity index (χ2v) is 10.9. The number of rotatable bonds is 7. The van der Waals surface area contributed by atoms with Crippen molar-refractivity contribution in [3.63, 3.8) is 0 Å². The third-order valence-corrected chi connectivity index (χ3v) is 8.23. The van der Waals surface area contributed by atoms with Crippen LogP contribution < -0.4 is 10.6 Å². The zero-order chi connectivity index (χ0) is 26.9. The molecule has 5 heterocycles. The van der Waals surface area contributed by atoms with Crippen molar-refractivity contribution in [3.8, 4) is 11.4 Å². The van der Waals surface area contributed by atoms with Gasteiger partial charge in [0.1, 0.15) is 5.70 Å². The summed E-state index contributed by atoms with van der Waals surface area (Å²) in [5.41, 5.74) is 8.65. The van der Waals surface area contributed by atoms with Crippen LogP contribution in [0.3, 0.4) is 0 Å². The van der Waals surface area contributed by atoms with Crippen LogP contribution in [0, 0.1) is 0 Å². The van der Waals surface area contributed by atoms with Gasteiger partial charge in [-0.05, 0) is 19.1 Å². The number of ether oxygens (including phenoxy) is 1. The second-order valence-electron chi connectivity index (χ2n) is 9.80. The standard InChI is InChI=1S/C27H30N8O3S/c1-17(36)13-23(25(28)37)34-7-5-33(6-8-34)16-18-14-22-24(39-18)27(35-9-11-38-12-10-35)31-26(30-22)19-3-2-4-21-20(19)15-29-32-21/h2-4,13-15H,5-12,16H2,1H3,(H2,28,37)(H,29,32). The van der Waals surface area contributed by atoms with Crippen LogP contribution in [0.15, 0.2) is 42.2 Å². The molecule has 1 aromatic carbocycles. The number of thiophene rings is 1. The van der Waals surface area contributed by atoms with Crippen LogP contribution in [-0.2, 0) is 20.9 Å². The van der Waals surface area contributed by atoms with E-state index in [4.69, 9.17) is 20.4 Å². The SMILES string of the molecule is CC(=O)C=C(C(N)=O)N1CCN(Cc2cc3nc(-c4cccc5[nH]ncc45)nc(N4CCOCC4)c3s2)CC1. The summed E-state index contributed by atoms with van der Waals surface area (Å²) in [5, 5.41) is 8.24. The van der Waals surface area contributed by atoms with Crippen LogP contribution in [0.2, 0.25) is 0 Å². The first-order valence-corrected chi connectivity index (χ1v) is 13.8. The Kier molecular flexibility index (Phi) is 6.98. The average molecular weight is 547 g/mol. The number of allylic oxidation sites excluding steroid dienone is 1. The maximum absolute atomic E-state index is 11.9. The normalized spacial score (nSPS) is 17.3. The average Bonchev–Trinajstić information content (AvgIpc) is 3.58. The van der Waals surface area contributed by atoms with Crippen molar-refractivity contribution in [3.05, 3.63) is 47.1 Å². The van der Waals surface area contributed by atoms with Gasteiger partial charge in [0, 0.05) is 67.7 Å². The molecule has 3 N–H and O–H groups in total. The molecule has 1 amide bonds. The summed E-state index contributed by atoms with van der Waals surface area (Å²) in [7, 11) is 0. The fourth-order valence-corrected chi connectivity index (χ4v) is 6.35. The molecule has 0 aliphatic carbocycles. The number of piperazine rings is 1. The van der Waals surface area contributed by atoms with Gasteiger partial charge in [-0.15, -0.1) is 11.3 Å². The molecule has 3 aromatic heterocycles. The number of hydrogen-bond acceptors (Lipinski definition) is 10. The van der Waals surface area contributed by atoms with E-state index < -0.39 is 5.91 Å². The van der Waals surface area contributed by atoms with Crippen LogP contribution in [0.5, 0.6) is 0 Å². The van der Waals surface area contributed by atoms with Crippen LogP contribution in [0.25, 0.3) is 32.5 Å². The summed E-state index contributed by atoms with van der Waals surface area (Å²) in [4.78, 5) is 41.3. The van der Waals surface area contributed by atoms with Gasteiger partial charge in [0.2, 0.25) is 0 Å². The number of aromatic amines is 1. The van der Waals surface area contributed by atoms with Crippen molar-refractivity contribution in [1.29, 1.82) is 0 Å². The summed E-state index contributed by atoms with van der Waals surface area (Å²) >= 11 is 1.73. The highest BCUT2D eigenvalue weighted by Gasteiger charge is 2.24. The van der Waals surface area contributed by atoms with Gasteiger partial charge < -0.3 is 20.3 Å². The number of primary amides is 1. The molecular formula is C27H30N8O3S. The van der Waals surface area contributed by atoms with Gasteiger partial charge in [-0.25, -0.2) is 9.97 Å². The van der Waals surface area contributed by atoms with Crippen molar-refractivity contribution >= 4 is 50.0 Å². The minimum Gasteiger partial charge on any atom is -0.378 e. The van der Waals surface area contributed by atoms with Crippen molar-refractivity contribution in [1.82, 2.24) is 30.0 Å². The maximum atomic E-state index is 11.9. The number of anilines is 1. The summed E-state index contributed by atoms with van der Waals surface area (Å²) < 4.78 is 6.68. The zero-order valence-electron chi connectivity index (χ0n) is 21.7. The number of ketones is 1. The lowest BCUT2D eigenvalue weighted by Crippen LogP contribution is -2.47. The number of aromatic nitrogens is 4. The molecule has 2 fully saturated rings. The first-order valence-electron chi connectivity index (χ1n) is 13.0. The first kappa shape index (κ1) is 25.4. The van der Waals surface area contributed by atoms with E-state index in [2.05, 4.69) is 26.1 Å². The Morgan fingerprint density at radius 2 is 1.92 bits per heavy atom. The summed E-state index contributed by atoms with van der Waals surface area (Å²) in [6.45, 7) is 7.88. The van der Waals surface area contributed by atoms with E-state index in [0.717, 1.165) is 65.2 Å². The maximum Gasteiger partial charge on any atom is 0.265 e. The highest BCUT2D eigenvalue weighted by Crippen LogP contribution is 2.36. The predicted molar refractivity (Wildman–Crippen MR) is 150 cm³/mol. The molecular weight excluding hydrogens is 516 g/mol. The van der Waals surface area contributed by atoms with E-state index in [1.165, 1.54) is 17.9 Å². The lowest BCUT2D eigenvalue weighted by molar-refractivity contribution is -0.117. The molecule has 202 valence electrons. The minimum absolute atomic E-state index is 0.183. The van der Waals surface area contributed by atoms with Crippen molar-refractivity contribution < 1.29 is 14.3 Å². The van der Waals surface area contributed by atoms with Gasteiger partial charge in [0.25, 0.3) is 5.91 Å². The number of morpholine rings is 1. The summed E-state index contributed by atoms with van der Waals surface area (Å²) in [6, 6.07) is 8.20. The molecule has 2 saturated heterocycles. The van der Waals surface area contributed by atoms with E-state index in [1.807, 2.05) is 29.3 Å². The Labute approximate surface area is 229 Å². The molecule has 0 radical (unpaired) electrons. The van der Waals surface area contributed by atoms with Crippen molar-refractivity contribution in [2.45, 2.75) is 13.5 Å². The number of nitrogens with one attached hydrogen (secondary N) is 1. The van der Waals surface area contributed by atoms with Crippen LogP contribution in [0.4, 0.5) is 5.82 Å². The van der Waals surface area contributed by atoms with Crippen molar-refractivity contribution in [2.75, 3.05) is 57.4 Å².